The molecule has 0 spiro atoms. The quantitative estimate of drug-likeness (QED) is 0.925. The van der Waals surface area contributed by atoms with Crippen LogP contribution in [-0.4, -0.2) is 36.9 Å². The van der Waals surface area contributed by atoms with Crippen molar-refractivity contribution >= 4 is 16.0 Å². The van der Waals surface area contributed by atoms with Crippen LogP contribution in [-0.2, 0) is 10.0 Å². The summed E-state index contributed by atoms with van der Waals surface area (Å²) in [4.78, 5) is 11.1. The third-order valence-electron chi connectivity index (χ3n) is 3.86. The zero-order chi connectivity index (χ0) is 14.8. The Bertz CT molecular complexity index is 591. The molecule has 2 rings (SSSR count). The molecule has 110 valence electrons. The molecule has 1 aromatic carbocycles. The van der Waals surface area contributed by atoms with Crippen molar-refractivity contribution in [2.24, 2.45) is 0 Å². The molecule has 0 amide bonds. The monoisotopic (exact) mass is 297 g/mol. The van der Waals surface area contributed by atoms with Gasteiger partial charge in [-0.15, -0.1) is 0 Å². The zero-order valence-electron chi connectivity index (χ0n) is 11.4. The summed E-state index contributed by atoms with van der Waals surface area (Å²) in [5.74, 6) is -1.22. The van der Waals surface area contributed by atoms with Crippen molar-refractivity contribution in [2.75, 3.05) is 7.05 Å². The van der Waals surface area contributed by atoms with Gasteiger partial charge in [0.1, 0.15) is 0 Å². The van der Waals surface area contributed by atoms with E-state index in [0.29, 0.717) is 0 Å². The van der Waals surface area contributed by atoms with Gasteiger partial charge in [-0.3, -0.25) is 0 Å². The number of nitrogens with zero attached hydrogens (tertiary/aromatic N) is 1. The maximum absolute atomic E-state index is 12.6. The molecule has 0 bridgehead atoms. The molecular formula is C14H19NO4S. The molecular weight excluding hydrogens is 278 g/mol. The van der Waals surface area contributed by atoms with Crippen LogP contribution in [0.25, 0.3) is 0 Å². The van der Waals surface area contributed by atoms with Crippen LogP contribution in [0.3, 0.4) is 0 Å². The molecule has 1 fully saturated rings. The molecule has 1 aliphatic rings. The average Bonchev–Trinajstić information content (AvgIpc) is 2.47. The minimum atomic E-state index is -3.76. The Kier molecular flexibility index (Phi) is 4.45. The molecule has 1 saturated carbocycles. The fourth-order valence-electron chi connectivity index (χ4n) is 2.66. The van der Waals surface area contributed by atoms with Crippen molar-refractivity contribution in [3.63, 3.8) is 0 Å². The Morgan fingerprint density at radius 2 is 1.80 bits per heavy atom. The zero-order valence-corrected chi connectivity index (χ0v) is 12.3. The smallest absolute Gasteiger partial charge is 0.337 e. The van der Waals surface area contributed by atoms with Gasteiger partial charge in [-0.25, -0.2) is 13.2 Å². The molecule has 5 nitrogen and oxygen atoms in total. The Hall–Kier alpha value is -1.40. The largest absolute Gasteiger partial charge is 0.478 e. The molecule has 0 heterocycles. The highest BCUT2D eigenvalue weighted by Gasteiger charge is 2.31. The number of rotatable bonds is 4. The van der Waals surface area contributed by atoms with E-state index in [9.17, 15) is 13.2 Å². The Morgan fingerprint density at radius 3 is 2.40 bits per heavy atom. The molecule has 1 aliphatic carbocycles. The third-order valence-corrected chi connectivity index (χ3v) is 5.83. The van der Waals surface area contributed by atoms with Crippen molar-refractivity contribution in [3.8, 4) is 0 Å². The van der Waals surface area contributed by atoms with Crippen molar-refractivity contribution < 1.29 is 18.3 Å². The highest BCUT2D eigenvalue weighted by Crippen LogP contribution is 2.27. The van der Waals surface area contributed by atoms with Crippen molar-refractivity contribution in [3.05, 3.63) is 29.8 Å². The maximum atomic E-state index is 12.6. The lowest BCUT2D eigenvalue weighted by molar-refractivity contribution is 0.0692. The van der Waals surface area contributed by atoms with E-state index in [1.165, 1.54) is 22.5 Å². The van der Waals surface area contributed by atoms with E-state index in [1.54, 1.807) is 13.1 Å². The van der Waals surface area contributed by atoms with Crippen LogP contribution in [0.2, 0.25) is 0 Å². The third kappa shape index (κ3) is 2.86. The first-order chi connectivity index (χ1) is 9.44. The lowest BCUT2D eigenvalue weighted by atomic mass is 9.96. The highest BCUT2D eigenvalue weighted by molar-refractivity contribution is 7.89. The van der Waals surface area contributed by atoms with Gasteiger partial charge in [-0.2, -0.15) is 4.31 Å². The summed E-state index contributed by atoms with van der Waals surface area (Å²) in [7, 11) is -2.22. The van der Waals surface area contributed by atoms with E-state index >= 15 is 0 Å². The summed E-state index contributed by atoms with van der Waals surface area (Å²) < 4.78 is 26.6. The van der Waals surface area contributed by atoms with Gasteiger partial charge in [0.05, 0.1) is 10.5 Å². The molecule has 1 aromatic rings. The topological polar surface area (TPSA) is 74.7 Å². The minimum Gasteiger partial charge on any atom is -0.478 e. The van der Waals surface area contributed by atoms with Gasteiger partial charge in [0.15, 0.2) is 0 Å². The molecule has 20 heavy (non-hydrogen) atoms. The first-order valence-corrected chi connectivity index (χ1v) is 8.19. The summed E-state index contributed by atoms with van der Waals surface area (Å²) in [5, 5.41) is 9.14. The molecule has 0 unspecified atom stereocenters. The molecule has 1 N–H and O–H groups in total. The van der Waals surface area contributed by atoms with E-state index in [2.05, 4.69) is 0 Å². The molecule has 0 saturated heterocycles. The number of carboxylic acid groups (broad SMARTS) is 1. The lowest BCUT2D eigenvalue weighted by Gasteiger charge is -2.30. The minimum absolute atomic E-state index is 0.0319. The second-order valence-corrected chi connectivity index (χ2v) is 7.08. The molecule has 6 heteroatoms. The van der Waals surface area contributed by atoms with Crippen LogP contribution in [0.15, 0.2) is 29.2 Å². The van der Waals surface area contributed by atoms with Crippen LogP contribution >= 0.6 is 0 Å². The fraction of sp³-hybridized carbons (Fsp3) is 0.500. The maximum Gasteiger partial charge on any atom is 0.337 e. The van der Waals surface area contributed by atoms with Gasteiger partial charge in [0.2, 0.25) is 10.0 Å². The predicted octanol–water partition coefficient (Wildman–Crippen LogP) is 2.34. The Morgan fingerprint density at radius 1 is 1.20 bits per heavy atom. The Labute approximate surface area is 119 Å². The van der Waals surface area contributed by atoms with Crippen LogP contribution in [0, 0.1) is 0 Å². The number of hydrogen-bond acceptors (Lipinski definition) is 3. The SMILES string of the molecule is CN(C1CCCCC1)S(=O)(=O)c1ccccc1C(=O)O. The molecule has 0 atom stereocenters. The number of aromatic carboxylic acids is 1. The van der Waals surface area contributed by atoms with Gasteiger partial charge in [-0.05, 0) is 25.0 Å². The molecule has 0 radical (unpaired) electrons. The second-order valence-electron chi connectivity index (χ2n) is 5.11. The van der Waals surface area contributed by atoms with Crippen molar-refractivity contribution in [2.45, 2.75) is 43.0 Å². The standard InChI is InChI=1S/C14H19NO4S/c1-15(11-7-3-2-4-8-11)20(18,19)13-10-6-5-9-12(13)14(16)17/h5-6,9-11H,2-4,7-8H2,1H3,(H,16,17). The first-order valence-electron chi connectivity index (χ1n) is 6.75. The summed E-state index contributed by atoms with van der Waals surface area (Å²) in [6.45, 7) is 0. The second kappa shape index (κ2) is 5.93. The summed E-state index contributed by atoms with van der Waals surface area (Å²) in [6.07, 6.45) is 4.85. The van der Waals surface area contributed by atoms with Crippen LogP contribution in [0.1, 0.15) is 42.5 Å². The van der Waals surface area contributed by atoms with Crippen molar-refractivity contribution in [1.29, 1.82) is 0 Å². The van der Waals surface area contributed by atoms with Gasteiger partial charge in [0, 0.05) is 13.1 Å². The normalized spacial score (nSPS) is 17.3. The van der Waals surface area contributed by atoms with Crippen LogP contribution < -0.4 is 0 Å². The fourth-order valence-corrected chi connectivity index (χ4v) is 4.26. The van der Waals surface area contributed by atoms with Crippen molar-refractivity contribution in [1.82, 2.24) is 4.31 Å². The predicted molar refractivity (Wildman–Crippen MR) is 75.2 cm³/mol. The number of sulfonamides is 1. The van der Waals surface area contributed by atoms with E-state index in [-0.39, 0.29) is 16.5 Å². The van der Waals surface area contributed by atoms with E-state index in [0.717, 1.165) is 32.1 Å². The van der Waals surface area contributed by atoms with E-state index < -0.39 is 16.0 Å². The van der Waals surface area contributed by atoms with Gasteiger partial charge in [-0.1, -0.05) is 31.4 Å². The number of benzene rings is 1. The van der Waals surface area contributed by atoms with Crippen LogP contribution in [0.5, 0.6) is 0 Å². The van der Waals surface area contributed by atoms with E-state index in [4.69, 9.17) is 5.11 Å². The number of carbonyl (C=O) groups is 1. The number of hydrogen-bond donors (Lipinski definition) is 1. The van der Waals surface area contributed by atoms with Gasteiger partial charge >= 0.3 is 5.97 Å². The highest BCUT2D eigenvalue weighted by atomic mass is 32.2. The van der Waals surface area contributed by atoms with Gasteiger partial charge in [0.25, 0.3) is 0 Å². The molecule has 0 aromatic heterocycles. The molecule has 0 aliphatic heterocycles. The Balaban J connectivity index is 2.37. The first kappa shape index (κ1) is 15.0. The summed E-state index contributed by atoms with van der Waals surface area (Å²) >= 11 is 0. The van der Waals surface area contributed by atoms with E-state index in [1.807, 2.05) is 0 Å². The lowest BCUT2D eigenvalue weighted by Crippen LogP contribution is -2.38. The summed E-state index contributed by atoms with van der Waals surface area (Å²) in [6, 6.07) is 5.73. The van der Waals surface area contributed by atoms with Gasteiger partial charge < -0.3 is 5.11 Å². The number of carboxylic acids is 1. The van der Waals surface area contributed by atoms with Crippen LogP contribution in [0.4, 0.5) is 0 Å². The summed E-state index contributed by atoms with van der Waals surface area (Å²) in [5.41, 5.74) is -0.171. The average molecular weight is 297 g/mol.